The molecule has 0 spiro atoms. The Morgan fingerprint density at radius 3 is 2.80 bits per heavy atom. The van der Waals surface area contributed by atoms with Gasteiger partial charge in [0.1, 0.15) is 5.82 Å². The van der Waals surface area contributed by atoms with Gasteiger partial charge in [0.15, 0.2) is 0 Å². The Morgan fingerprint density at radius 1 is 1.45 bits per heavy atom. The molecule has 20 heavy (non-hydrogen) atoms. The molecule has 4 nitrogen and oxygen atoms in total. The van der Waals surface area contributed by atoms with Crippen molar-refractivity contribution in [3.63, 3.8) is 0 Å². The Hall–Kier alpha value is -1.01. The number of morpholine rings is 1. The first-order valence-corrected chi connectivity index (χ1v) is 6.92. The Morgan fingerprint density at radius 2 is 2.15 bits per heavy atom. The molecule has 1 atom stereocenters. The molecule has 2 rings (SSSR count). The molecule has 0 aromatic heterocycles. The zero-order valence-electron chi connectivity index (χ0n) is 12.1. The minimum absolute atomic E-state index is 0.0226. The molecule has 5 heteroatoms. The molecule has 0 radical (unpaired) electrons. The Kier molecular flexibility index (Phi) is 4.75. The van der Waals surface area contributed by atoms with Crippen molar-refractivity contribution in [2.24, 2.45) is 5.73 Å². The maximum Gasteiger partial charge on any atom is 0.132 e. The van der Waals surface area contributed by atoms with Gasteiger partial charge >= 0.3 is 0 Å². The van der Waals surface area contributed by atoms with Crippen molar-refractivity contribution in [3.05, 3.63) is 35.1 Å². The second-order valence-corrected chi connectivity index (χ2v) is 5.95. The summed E-state index contributed by atoms with van der Waals surface area (Å²) in [6, 6.07) is 5.32. The highest BCUT2D eigenvalue weighted by Crippen LogP contribution is 2.23. The SMILES string of the molecule is CC1(C)CN(Cc2cccc(CN)c2F)CC(CO)O1. The third-order valence-electron chi connectivity index (χ3n) is 3.53. The number of halogens is 1. The minimum Gasteiger partial charge on any atom is -0.394 e. The van der Waals surface area contributed by atoms with Gasteiger partial charge in [-0.1, -0.05) is 18.2 Å². The summed E-state index contributed by atoms with van der Waals surface area (Å²) < 4.78 is 20.0. The first-order chi connectivity index (χ1) is 9.45. The molecule has 1 heterocycles. The predicted molar refractivity (Wildman–Crippen MR) is 75.6 cm³/mol. The van der Waals surface area contributed by atoms with Crippen LogP contribution in [0.25, 0.3) is 0 Å². The van der Waals surface area contributed by atoms with Crippen LogP contribution in [0.3, 0.4) is 0 Å². The summed E-state index contributed by atoms with van der Waals surface area (Å²) in [5, 5.41) is 9.30. The topological polar surface area (TPSA) is 58.7 Å². The van der Waals surface area contributed by atoms with Gasteiger partial charge in [0, 0.05) is 37.3 Å². The molecule has 3 N–H and O–H groups in total. The molecule has 112 valence electrons. The van der Waals surface area contributed by atoms with Gasteiger partial charge in [0.2, 0.25) is 0 Å². The standard InChI is InChI=1S/C15H23FN2O2/c1-15(2)10-18(8-13(9-19)20-15)7-12-5-3-4-11(6-17)14(12)16/h3-5,13,19H,6-10,17H2,1-2H3. The van der Waals surface area contributed by atoms with Gasteiger partial charge in [-0.2, -0.15) is 0 Å². The number of rotatable bonds is 4. The molecular weight excluding hydrogens is 259 g/mol. The second kappa shape index (κ2) is 6.18. The van der Waals surface area contributed by atoms with Crippen molar-refractivity contribution in [2.75, 3.05) is 19.7 Å². The number of hydrogen-bond donors (Lipinski definition) is 2. The van der Waals surface area contributed by atoms with Crippen LogP contribution in [-0.2, 0) is 17.8 Å². The average Bonchev–Trinajstić information content (AvgIpc) is 2.39. The lowest BCUT2D eigenvalue weighted by Gasteiger charge is -2.42. The fourth-order valence-corrected chi connectivity index (χ4v) is 2.79. The number of aliphatic hydroxyl groups excluding tert-OH is 1. The van der Waals surface area contributed by atoms with Crippen LogP contribution in [0, 0.1) is 5.82 Å². The Bertz CT molecular complexity index is 465. The van der Waals surface area contributed by atoms with Crippen LogP contribution in [0.4, 0.5) is 4.39 Å². The van der Waals surface area contributed by atoms with E-state index in [0.717, 1.165) is 0 Å². The van der Waals surface area contributed by atoms with Crippen LogP contribution in [0.15, 0.2) is 18.2 Å². The van der Waals surface area contributed by atoms with Crippen molar-refractivity contribution in [3.8, 4) is 0 Å². The van der Waals surface area contributed by atoms with E-state index in [1.165, 1.54) is 0 Å². The van der Waals surface area contributed by atoms with Gasteiger partial charge in [-0.25, -0.2) is 4.39 Å². The molecule has 1 unspecified atom stereocenters. The molecule has 0 saturated carbocycles. The average molecular weight is 282 g/mol. The summed E-state index contributed by atoms with van der Waals surface area (Å²) in [6.07, 6.45) is -0.223. The van der Waals surface area contributed by atoms with E-state index in [9.17, 15) is 9.50 Å². The van der Waals surface area contributed by atoms with Gasteiger partial charge in [0.05, 0.1) is 18.3 Å². The van der Waals surface area contributed by atoms with Crippen molar-refractivity contribution in [1.82, 2.24) is 4.90 Å². The fourth-order valence-electron chi connectivity index (χ4n) is 2.79. The van der Waals surface area contributed by atoms with Gasteiger partial charge in [-0.05, 0) is 13.8 Å². The van der Waals surface area contributed by atoms with E-state index in [-0.39, 0.29) is 30.7 Å². The monoisotopic (exact) mass is 282 g/mol. The molecule has 1 aromatic rings. The van der Waals surface area contributed by atoms with E-state index in [2.05, 4.69) is 4.90 Å². The van der Waals surface area contributed by atoms with Crippen LogP contribution >= 0.6 is 0 Å². The van der Waals surface area contributed by atoms with Crippen molar-refractivity contribution < 1.29 is 14.2 Å². The number of nitrogens with zero attached hydrogens (tertiary/aromatic N) is 1. The number of aliphatic hydroxyl groups is 1. The molecule has 1 aliphatic heterocycles. The van der Waals surface area contributed by atoms with Gasteiger partial charge < -0.3 is 15.6 Å². The summed E-state index contributed by atoms with van der Waals surface area (Å²) in [5.74, 6) is -0.222. The van der Waals surface area contributed by atoms with Crippen molar-refractivity contribution >= 4 is 0 Å². The maximum absolute atomic E-state index is 14.2. The second-order valence-electron chi connectivity index (χ2n) is 5.95. The summed E-state index contributed by atoms with van der Waals surface area (Å²) in [6.45, 7) is 5.95. The smallest absolute Gasteiger partial charge is 0.132 e. The van der Waals surface area contributed by atoms with Gasteiger partial charge in [-0.3, -0.25) is 4.90 Å². The third-order valence-corrected chi connectivity index (χ3v) is 3.53. The predicted octanol–water partition coefficient (Wildman–Crippen LogP) is 1.26. The van der Waals surface area contributed by atoms with Crippen molar-refractivity contribution in [1.29, 1.82) is 0 Å². The number of hydrogen-bond acceptors (Lipinski definition) is 4. The van der Waals surface area contributed by atoms with Gasteiger partial charge in [-0.15, -0.1) is 0 Å². The highest BCUT2D eigenvalue weighted by atomic mass is 19.1. The fraction of sp³-hybridized carbons (Fsp3) is 0.600. The lowest BCUT2D eigenvalue weighted by Crippen LogP contribution is -2.53. The van der Waals surface area contributed by atoms with Crippen LogP contribution in [-0.4, -0.2) is 41.4 Å². The summed E-state index contributed by atoms with van der Waals surface area (Å²) in [7, 11) is 0. The minimum atomic E-state index is -0.340. The molecule has 1 saturated heterocycles. The zero-order valence-corrected chi connectivity index (χ0v) is 12.1. The number of nitrogens with two attached hydrogens (primary N) is 1. The van der Waals surface area contributed by atoms with Crippen LogP contribution in [0.2, 0.25) is 0 Å². The van der Waals surface area contributed by atoms with E-state index in [4.69, 9.17) is 10.5 Å². The summed E-state index contributed by atoms with van der Waals surface area (Å²) in [4.78, 5) is 2.11. The van der Waals surface area contributed by atoms with E-state index >= 15 is 0 Å². The van der Waals surface area contributed by atoms with E-state index in [1.54, 1.807) is 12.1 Å². The molecule has 1 fully saturated rings. The zero-order chi connectivity index (χ0) is 14.8. The lowest BCUT2D eigenvalue weighted by atomic mass is 10.0. The quantitative estimate of drug-likeness (QED) is 0.873. The lowest BCUT2D eigenvalue weighted by molar-refractivity contribution is -0.150. The molecule has 0 amide bonds. The summed E-state index contributed by atoms with van der Waals surface area (Å²) in [5.41, 5.74) is 6.37. The highest BCUT2D eigenvalue weighted by molar-refractivity contribution is 5.26. The first-order valence-electron chi connectivity index (χ1n) is 6.92. The highest BCUT2D eigenvalue weighted by Gasteiger charge is 2.33. The third kappa shape index (κ3) is 3.55. The van der Waals surface area contributed by atoms with Crippen LogP contribution < -0.4 is 5.73 Å². The molecule has 1 aliphatic rings. The Balaban J connectivity index is 2.13. The van der Waals surface area contributed by atoms with Crippen molar-refractivity contribution in [2.45, 2.75) is 38.6 Å². The molecule has 0 bridgehead atoms. The van der Waals surface area contributed by atoms with E-state index in [0.29, 0.717) is 30.8 Å². The van der Waals surface area contributed by atoms with E-state index in [1.807, 2.05) is 19.9 Å². The molecule has 1 aromatic carbocycles. The van der Waals surface area contributed by atoms with Crippen LogP contribution in [0.5, 0.6) is 0 Å². The maximum atomic E-state index is 14.2. The molecule has 0 aliphatic carbocycles. The number of benzene rings is 1. The molecular formula is C15H23FN2O2. The van der Waals surface area contributed by atoms with Crippen LogP contribution in [0.1, 0.15) is 25.0 Å². The summed E-state index contributed by atoms with van der Waals surface area (Å²) >= 11 is 0. The largest absolute Gasteiger partial charge is 0.394 e. The Labute approximate surface area is 119 Å². The normalized spacial score (nSPS) is 22.9. The number of ether oxygens (including phenoxy) is 1. The van der Waals surface area contributed by atoms with Gasteiger partial charge in [0.25, 0.3) is 0 Å². The first kappa shape index (κ1) is 15.4. The van der Waals surface area contributed by atoms with E-state index < -0.39 is 0 Å².